The lowest BCUT2D eigenvalue weighted by atomic mass is 10.5. The Labute approximate surface area is 54.7 Å². The highest BCUT2D eigenvalue weighted by Crippen LogP contribution is 2.05. The van der Waals surface area contributed by atoms with Crippen molar-refractivity contribution in [2.75, 3.05) is 0 Å². The van der Waals surface area contributed by atoms with Crippen molar-refractivity contribution < 1.29 is 4.39 Å². The Kier molecular flexibility index (Phi) is 1.58. The smallest absolute Gasteiger partial charge is 0.212 e. The largest absolute Gasteiger partial charge is 0.227 e. The Balaban J connectivity index is 3.03. The molecule has 0 bridgehead atoms. The molecule has 0 aliphatic carbocycles. The average Bonchev–Trinajstić information content (AvgIpc) is 1.77. The van der Waals surface area contributed by atoms with Gasteiger partial charge < -0.3 is 0 Å². The summed E-state index contributed by atoms with van der Waals surface area (Å²) in [5.41, 5.74) is 0. The molecule has 0 saturated heterocycles. The van der Waals surface area contributed by atoms with Gasteiger partial charge in [-0.25, -0.2) is 4.98 Å². The first kappa shape index (κ1) is 5.69. The Bertz CT molecular complexity index is 151. The van der Waals surface area contributed by atoms with Gasteiger partial charge in [0.25, 0.3) is 0 Å². The molecule has 1 aromatic rings. The van der Waals surface area contributed by atoms with Gasteiger partial charge in [0.05, 0.1) is 0 Å². The van der Waals surface area contributed by atoms with Crippen molar-refractivity contribution in [3.8, 4) is 0 Å². The normalized spacial score (nSPS) is 9.25. The van der Waals surface area contributed by atoms with Gasteiger partial charge in [0, 0.05) is 10.7 Å². The van der Waals surface area contributed by atoms with E-state index in [9.17, 15) is 4.39 Å². The molecular weight excluding hydrogens is 172 g/mol. The third-order valence-electron chi connectivity index (χ3n) is 0.691. The van der Waals surface area contributed by atoms with E-state index in [4.69, 9.17) is 0 Å². The summed E-state index contributed by atoms with van der Waals surface area (Å²) in [7, 11) is 0. The van der Waals surface area contributed by atoms with Gasteiger partial charge in [-0.15, -0.1) is 0 Å². The predicted molar refractivity (Wildman–Crippen MR) is 31.9 cm³/mol. The first-order valence-electron chi connectivity index (χ1n) is 2.06. The molecule has 0 atom stereocenters. The summed E-state index contributed by atoms with van der Waals surface area (Å²) in [4.78, 5) is 3.37. The molecule has 0 unspecified atom stereocenters. The first-order chi connectivity index (χ1) is 3.79. The molecule has 3 heteroatoms. The molecule has 0 fully saturated rings. The molecule has 1 heterocycles. The number of rotatable bonds is 0. The van der Waals surface area contributed by atoms with Crippen LogP contribution in [0.2, 0.25) is 0 Å². The third-order valence-corrected chi connectivity index (χ3v) is 1.16. The van der Waals surface area contributed by atoms with Gasteiger partial charge in [-0.2, -0.15) is 4.39 Å². The SMILES string of the molecule is [18F]c1ccc(Br)cn1. The second-order valence-electron chi connectivity index (χ2n) is 1.30. The zero-order valence-electron chi connectivity index (χ0n) is 3.94. The minimum atomic E-state index is -0.451. The average molecular weight is 175 g/mol. The Morgan fingerprint density at radius 3 is 2.62 bits per heavy atom. The maximum absolute atomic E-state index is 12.0. The topological polar surface area (TPSA) is 12.9 Å². The van der Waals surface area contributed by atoms with Crippen LogP contribution in [0.15, 0.2) is 22.8 Å². The highest BCUT2D eigenvalue weighted by Gasteiger charge is 1.86. The van der Waals surface area contributed by atoms with Gasteiger partial charge in [-0.3, -0.25) is 0 Å². The Morgan fingerprint density at radius 2 is 2.25 bits per heavy atom. The molecular formula is C5H3BrFN. The van der Waals surface area contributed by atoms with Crippen LogP contribution in [0.3, 0.4) is 0 Å². The van der Waals surface area contributed by atoms with Crippen molar-refractivity contribution in [2.45, 2.75) is 0 Å². The van der Waals surface area contributed by atoms with Crippen molar-refractivity contribution in [3.63, 3.8) is 0 Å². The van der Waals surface area contributed by atoms with Crippen LogP contribution in [0, 0.1) is 5.95 Å². The molecule has 0 aromatic carbocycles. The lowest BCUT2D eigenvalue weighted by Crippen LogP contribution is -1.76. The van der Waals surface area contributed by atoms with E-state index in [1.54, 1.807) is 6.07 Å². The monoisotopic (exact) mass is 174 g/mol. The molecule has 8 heavy (non-hydrogen) atoms. The molecule has 0 radical (unpaired) electrons. The Hall–Kier alpha value is -0.440. The molecule has 0 amide bonds. The first-order valence-corrected chi connectivity index (χ1v) is 2.85. The molecule has 0 aliphatic rings. The number of nitrogens with zero attached hydrogens (tertiary/aromatic N) is 1. The summed E-state index contributed by atoms with van der Waals surface area (Å²) in [6.07, 6.45) is 1.41. The second-order valence-corrected chi connectivity index (χ2v) is 2.21. The summed E-state index contributed by atoms with van der Waals surface area (Å²) >= 11 is 3.12. The van der Waals surface area contributed by atoms with E-state index in [0.29, 0.717) is 0 Å². The van der Waals surface area contributed by atoms with E-state index in [1.807, 2.05) is 0 Å². The molecule has 1 rings (SSSR count). The van der Waals surface area contributed by atoms with Gasteiger partial charge in [0.2, 0.25) is 5.95 Å². The van der Waals surface area contributed by atoms with Crippen LogP contribution in [0.1, 0.15) is 0 Å². The van der Waals surface area contributed by atoms with E-state index in [2.05, 4.69) is 20.9 Å². The standard InChI is InChI=1S/C5H3BrFN/c6-4-1-2-5(7)8-3-4/h1-3H/i7-1. The minimum absolute atomic E-state index is 0.451. The van der Waals surface area contributed by atoms with Crippen LogP contribution >= 0.6 is 15.9 Å². The highest BCUT2D eigenvalue weighted by molar-refractivity contribution is 9.10. The van der Waals surface area contributed by atoms with Gasteiger partial charge in [0.1, 0.15) is 0 Å². The molecule has 0 saturated carbocycles. The lowest BCUT2D eigenvalue weighted by molar-refractivity contribution is 0.583. The Morgan fingerprint density at radius 1 is 1.50 bits per heavy atom. The van der Waals surface area contributed by atoms with Crippen LogP contribution in [0.4, 0.5) is 4.39 Å². The van der Waals surface area contributed by atoms with Crippen molar-refractivity contribution in [1.29, 1.82) is 0 Å². The number of hydrogen-bond donors (Lipinski definition) is 0. The van der Waals surface area contributed by atoms with E-state index in [0.717, 1.165) is 4.47 Å². The quantitative estimate of drug-likeness (QED) is 0.549. The summed E-state index contributed by atoms with van der Waals surface area (Å²) in [5.74, 6) is -0.451. The molecule has 42 valence electrons. The van der Waals surface area contributed by atoms with Crippen LogP contribution < -0.4 is 0 Å². The second kappa shape index (κ2) is 2.22. The van der Waals surface area contributed by atoms with Crippen molar-refractivity contribution in [1.82, 2.24) is 4.98 Å². The molecule has 1 nitrogen and oxygen atoms in total. The van der Waals surface area contributed by atoms with E-state index in [1.165, 1.54) is 12.3 Å². The predicted octanol–water partition coefficient (Wildman–Crippen LogP) is 1.98. The van der Waals surface area contributed by atoms with Gasteiger partial charge in [0.15, 0.2) is 0 Å². The third kappa shape index (κ3) is 1.26. The zero-order valence-corrected chi connectivity index (χ0v) is 5.52. The number of hydrogen-bond acceptors (Lipinski definition) is 1. The maximum atomic E-state index is 12.0. The maximum Gasteiger partial charge on any atom is 0.212 e. The van der Waals surface area contributed by atoms with Crippen LogP contribution in [0.5, 0.6) is 0 Å². The van der Waals surface area contributed by atoms with Crippen LogP contribution in [-0.2, 0) is 0 Å². The van der Waals surface area contributed by atoms with Crippen LogP contribution in [0.25, 0.3) is 0 Å². The lowest BCUT2D eigenvalue weighted by Gasteiger charge is -1.84. The zero-order chi connectivity index (χ0) is 5.98. The molecule has 0 spiro atoms. The summed E-state index contributed by atoms with van der Waals surface area (Å²) < 4.78 is 12.7. The summed E-state index contributed by atoms with van der Waals surface area (Å²) in [6, 6.07) is 2.90. The van der Waals surface area contributed by atoms with Crippen LogP contribution in [-0.4, -0.2) is 4.98 Å². The van der Waals surface area contributed by atoms with E-state index >= 15 is 0 Å². The van der Waals surface area contributed by atoms with E-state index < -0.39 is 5.95 Å². The molecule has 0 aliphatic heterocycles. The fourth-order valence-electron chi connectivity index (χ4n) is 0.358. The van der Waals surface area contributed by atoms with Gasteiger partial charge in [-0.05, 0) is 28.1 Å². The minimum Gasteiger partial charge on any atom is -0.227 e. The molecule has 0 N–H and O–H groups in total. The van der Waals surface area contributed by atoms with Crippen molar-refractivity contribution >= 4 is 15.9 Å². The van der Waals surface area contributed by atoms with Gasteiger partial charge in [-0.1, -0.05) is 0 Å². The number of halogens is 2. The fraction of sp³-hybridized carbons (Fsp3) is 0. The number of pyridine rings is 1. The molecule has 1 aromatic heterocycles. The fourth-order valence-corrected chi connectivity index (χ4v) is 0.592. The van der Waals surface area contributed by atoms with Crippen molar-refractivity contribution in [3.05, 3.63) is 28.7 Å². The van der Waals surface area contributed by atoms with Gasteiger partial charge >= 0.3 is 0 Å². The summed E-state index contributed by atoms with van der Waals surface area (Å²) in [6.45, 7) is 0. The number of aromatic nitrogens is 1. The van der Waals surface area contributed by atoms with E-state index in [-0.39, 0.29) is 0 Å². The summed E-state index contributed by atoms with van der Waals surface area (Å²) in [5, 5.41) is 0. The highest BCUT2D eigenvalue weighted by atomic mass is 79.9. The van der Waals surface area contributed by atoms with Crippen molar-refractivity contribution in [2.24, 2.45) is 0 Å².